The van der Waals surface area contributed by atoms with E-state index in [0.29, 0.717) is 12.6 Å². The number of piperidine rings is 1. The number of aliphatic imine (C=N–C) groups is 1. The predicted molar refractivity (Wildman–Crippen MR) is 123 cm³/mol. The molecule has 0 bridgehead atoms. The Hall–Kier alpha value is -1.79. The molecule has 2 saturated heterocycles. The van der Waals surface area contributed by atoms with Crippen LogP contribution in [0.2, 0.25) is 0 Å². The van der Waals surface area contributed by atoms with Crippen LogP contribution in [0.5, 0.6) is 5.75 Å². The van der Waals surface area contributed by atoms with Crippen LogP contribution in [-0.2, 0) is 11.3 Å². The third-order valence-corrected chi connectivity index (χ3v) is 5.61. The fraction of sp³-hybridized carbons (Fsp3) is 0.708. The van der Waals surface area contributed by atoms with Gasteiger partial charge in [-0.25, -0.2) is 4.99 Å². The minimum Gasteiger partial charge on any atom is -0.488 e. The number of rotatable bonds is 7. The fourth-order valence-corrected chi connectivity index (χ4v) is 4.09. The van der Waals surface area contributed by atoms with E-state index in [2.05, 4.69) is 49.3 Å². The lowest BCUT2D eigenvalue weighted by molar-refractivity contribution is 0.129. The minimum atomic E-state index is -0.221. The summed E-state index contributed by atoms with van der Waals surface area (Å²) in [6, 6.07) is 8.66. The van der Waals surface area contributed by atoms with Crippen molar-refractivity contribution in [2.45, 2.75) is 65.1 Å². The summed E-state index contributed by atoms with van der Waals surface area (Å²) in [6.07, 6.45) is 3.53. The second kappa shape index (κ2) is 11.0. The Kier molecular flexibility index (Phi) is 8.40. The molecule has 0 saturated carbocycles. The van der Waals surface area contributed by atoms with Crippen molar-refractivity contribution in [2.75, 3.05) is 39.4 Å². The van der Waals surface area contributed by atoms with Crippen molar-refractivity contribution in [3.63, 3.8) is 0 Å². The smallest absolute Gasteiger partial charge is 0.191 e. The highest BCUT2D eigenvalue weighted by Crippen LogP contribution is 2.23. The van der Waals surface area contributed by atoms with Crippen LogP contribution in [0, 0.1) is 5.92 Å². The van der Waals surface area contributed by atoms with Crippen molar-refractivity contribution in [1.29, 1.82) is 0 Å². The maximum absolute atomic E-state index is 6.12. The second-order valence-electron chi connectivity index (χ2n) is 9.47. The molecular formula is C24H40N4O2. The van der Waals surface area contributed by atoms with E-state index in [4.69, 9.17) is 14.5 Å². The van der Waals surface area contributed by atoms with Gasteiger partial charge in [0.15, 0.2) is 5.96 Å². The number of guanidine groups is 1. The van der Waals surface area contributed by atoms with Crippen LogP contribution < -0.4 is 15.4 Å². The lowest BCUT2D eigenvalue weighted by Crippen LogP contribution is -2.49. The molecule has 0 aromatic heterocycles. The molecule has 0 amide bonds. The summed E-state index contributed by atoms with van der Waals surface area (Å²) in [5.74, 6) is 2.53. The first-order valence-electron chi connectivity index (χ1n) is 11.5. The molecule has 6 nitrogen and oxygen atoms in total. The minimum absolute atomic E-state index is 0.221. The maximum Gasteiger partial charge on any atom is 0.191 e. The topological polar surface area (TPSA) is 58.1 Å². The summed E-state index contributed by atoms with van der Waals surface area (Å²) in [7, 11) is 0. The van der Waals surface area contributed by atoms with E-state index in [-0.39, 0.29) is 5.60 Å². The molecule has 2 aliphatic heterocycles. The van der Waals surface area contributed by atoms with Crippen LogP contribution in [0.3, 0.4) is 0 Å². The number of benzene rings is 1. The average molecular weight is 417 g/mol. The Morgan fingerprint density at radius 3 is 2.63 bits per heavy atom. The molecule has 6 heteroatoms. The molecule has 30 heavy (non-hydrogen) atoms. The number of hydrogen-bond donors (Lipinski definition) is 2. The largest absolute Gasteiger partial charge is 0.488 e. The quantitative estimate of drug-likeness (QED) is 0.527. The van der Waals surface area contributed by atoms with Gasteiger partial charge in [0.1, 0.15) is 11.4 Å². The number of likely N-dealkylation sites (tertiary alicyclic amines) is 1. The van der Waals surface area contributed by atoms with Gasteiger partial charge < -0.3 is 25.0 Å². The normalized spacial score (nSPS) is 21.6. The van der Waals surface area contributed by atoms with Crippen molar-refractivity contribution in [1.82, 2.24) is 15.5 Å². The number of ether oxygens (including phenoxy) is 2. The van der Waals surface area contributed by atoms with E-state index in [0.717, 1.165) is 68.9 Å². The molecule has 0 spiro atoms. The summed E-state index contributed by atoms with van der Waals surface area (Å²) in [4.78, 5) is 7.45. The van der Waals surface area contributed by atoms with Gasteiger partial charge in [-0.1, -0.05) is 18.2 Å². The van der Waals surface area contributed by atoms with E-state index in [1.807, 2.05) is 18.2 Å². The monoisotopic (exact) mass is 416 g/mol. The summed E-state index contributed by atoms with van der Waals surface area (Å²) in [6.45, 7) is 15.1. The van der Waals surface area contributed by atoms with Gasteiger partial charge in [0.2, 0.25) is 0 Å². The van der Waals surface area contributed by atoms with Gasteiger partial charge in [-0.05, 0) is 58.9 Å². The van der Waals surface area contributed by atoms with Gasteiger partial charge in [0, 0.05) is 44.4 Å². The van der Waals surface area contributed by atoms with Crippen molar-refractivity contribution in [2.24, 2.45) is 10.9 Å². The lowest BCUT2D eigenvalue weighted by Gasteiger charge is -2.34. The zero-order chi connectivity index (χ0) is 21.4. The van der Waals surface area contributed by atoms with Crippen LogP contribution in [0.1, 0.15) is 52.5 Å². The summed E-state index contributed by atoms with van der Waals surface area (Å²) in [5.41, 5.74) is 0.888. The van der Waals surface area contributed by atoms with Crippen LogP contribution in [0.25, 0.3) is 0 Å². The molecule has 168 valence electrons. The summed E-state index contributed by atoms with van der Waals surface area (Å²) in [5, 5.41) is 7.06. The summed E-state index contributed by atoms with van der Waals surface area (Å²) >= 11 is 0. The van der Waals surface area contributed by atoms with E-state index in [1.165, 1.54) is 13.0 Å². The lowest BCUT2D eigenvalue weighted by atomic mass is 10.0. The van der Waals surface area contributed by atoms with Crippen molar-refractivity contribution in [3.05, 3.63) is 29.8 Å². The SMILES string of the molecule is CCNC(=NCc1ccccc1OC(C)(C)C)NC1CCN(CC2CCOC2)CC1. The average Bonchev–Trinajstić information content (AvgIpc) is 3.21. The standard InChI is InChI=1S/C24H40N4O2/c1-5-25-23(26-16-20-8-6-7-9-22(20)30-24(2,3)4)27-21-10-13-28(14-11-21)17-19-12-15-29-18-19/h6-9,19,21H,5,10-18H2,1-4H3,(H2,25,26,27). The molecule has 3 rings (SSSR count). The van der Waals surface area contributed by atoms with E-state index >= 15 is 0 Å². The van der Waals surface area contributed by atoms with Crippen LogP contribution >= 0.6 is 0 Å². The molecule has 1 unspecified atom stereocenters. The molecule has 2 fully saturated rings. The third kappa shape index (κ3) is 7.47. The maximum atomic E-state index is 6.12. The Morgan fingerprint density at radius 1 is 1.20 bits per heavy atom. The zero-order valence-corrected chi connectivity index (χ0v) is 19.2. The van der Waals surface area contributed by atoms with Crippen LogP contribution in [-0.4, -0.2) is 61.9 Å². The highest BCUT2D eigenvalue weighted by Gasteiger charge is 2.24. The van der Waals surface area contributed by atoms with Gasteiger partial charge >= 0.3 is 0 Å². The molecule has 2 aliphatic rings. The number of nitrogens with zero attached hydrogens (tertiary/aromatic N) is 2. The van der Waals surface area contributed by atoms with Crippen molar-refractivity contribution >= 4 is 5.96 Å². The van der Waals surface area contributed by atoms with Crippen molar-refractivity contribution in [3.8, 4) is 5.75 Å². The number of para-hydroxylation sites is 1. The van der Waals surface area contributed by atoms with E-state index < -0.39 is 0 Å². The van der Waals surface area contributed by atoms with Gasteiger partial charge in [0.25, 0.3) is 0 Å². The first-order chi connectivity index (χ1) is 14.4. The molecule has 1 aromatic rings. The molecular weight excluding hydrogens is 376 g/mol. The third-order valence-electron chi connectivity index (χ3n) is 5.61. The predicted octanol–water partition coefficient (Wildman–Crippen LogP) is 3.42. The highest BCUT2D eigenvalue weighted by molar-refractivity contribution is 5.80. The molecule has 2 heterocycles. The Labute approximate surface area is 182 Å². The zero-order valence-electron chi connectivity index (χ0n) is 19.2. The van der Waals surface area contributed by atoms with Crippen molar-refractivity contribution < 1.29 is 9.47 Å². The highest BCUT2D eigenvalue weighted by atomic mass is 16.5. The number of nitrogens with one attached hydrogen (secondary N) is 2. The van der Waals surface area contributed by atoms with Gasteiger partial charge in [-0.3, -0.25) is 0 Å². The molecule has 2 N–H and O–H groups in total. The van der Waals surface area contributed by atoms with Gasteiger partial charge in [-0.2, -0.15) is 0 Å². The van der Waals surface area contributed by atoms with E-state index in [1.54, 1.807) is 0 Å². The second-order valence-corrected chi connectivity index (χ2v) is 9.47. The first-order valence-corrected chi connectivity index (χ1v) is 11.5. The van der Waals surface area contributed by atoms with Crippen LogP contribution in [0.4, 0.5) is 0 Å². The molecule has 0 radical (unpaired) electrons. The fourth-order valence-electron chi connectivity index (χ4n) is 4.09. The van der Waals surface area contributed by atoms with Gasteiger partial charge in [0.05, 0.1) is 13.2 Å². The van der Waals surface area contributed by atoms with Crippen LogP contribution in [0.15, 0.2) is 29.3 Å². The Morgan fingerprint density at radius 2 is 1.97 bits per heavy atom. The van der Waals surface area contributed by atoms with Gasteiger partial charge in [-0.15, -0.1) is 0 Å². The van der Waals surface area contributed by atoms with E-state index in [9.17, 15) is 0 Å². The molecule has 1 aromatic carbocycles. The molecule has 0 aliphatic carbocycles. The number of hydrogen-bond acceptors (Lipinski definition) is 4. The summed E-state index contributed by atoms with van der Waals surface area (Å²) < 4.78 is 11.6. The Bertz CT molecular complexity index is 672. The first kappa shape index (κ1) is 22.9. The molecule has 1 atom stereocenters. The Balaban J connectivity index is 1.53.